The highest BCUT2D eigenvalue weighted by Crippen LogP contribution is 2.34. The Balaban J connectivity index is 2.45. The van der Waals surface area contributed by atoms with E-state index in [0.29, 0.717) is 5.56 Å². The minimum Gasteiger partial charge on any atom is -0.383 e. The lowest BCUT2D eigenvalue weighted by atomic mass is 9.91. The van der Waals surface area contributed by atoms with Crippen molar-refractivity contribution in [3.8, 4) is 0 Å². The Hall–Kier alpha value is -1.45. The quantitative estimate of drug-likeness (QED) is 0.733. The predicted molar refractivity (Wildman–Crippen MR) is 55.6 cm³/mol. The van der Waals surface area contributed by atoms with Crippen LogP contribution in [0.5, 0.6) is 0 Å². The second kappa shape index (κ2) is 3.61. The largest absolute Gasteiger partial charge is 0.383 e. The molecule has 1 aromatic carbocycles. The highest BCUT2D eigenvalue weighted by atomic mass is 19.2. The Labute approximate surface area is 87.0 Å². The van der Waals surface area contributed by atoms with Crippen LogP contribution in [0.1, 0.15) is 5.56 Å². The van der Waals surface area contributed by atoms with Crippen molar-refractivity contribution in [3.05, 3.63) is 54.1 Å². The SMILES string of the molecule is O[C@H]1C=CC=C(c2ccccc2)[C@@]1(O)F. The zero-order valence-corrected chi connectivity index (χ0v) is 7.97. The van der Waals surface area contributed by atoms with Crippen LogP contribution in [0.15, 0.2) is 48.6 Å². The van der Waals surface area contributed by atoms with Crippen LogP contribution in [0.4, 0.5) is 4.39 Å². The van der Waals surface area contributed by atoms with Gasteiger partial charge < -0.3 is 10.2 Å². The first-order valence-corrected chi connectivity index (χ1v) is 4.66. The summed E-state index contributed by atoms with van der Waals surface area (Å²) < 4.78 is 13.8. The van der Waals surface area contributed by atoms with Gasteiger partial charge in [0.15, 0.2) is 0 Å². The molecule has 0 saturated heterocycles. The molecule has 78 valence electrons. The van der Waals surface area contributed by atoms with Crippen LogP contribution in [0, 0.1) is 0 Å². The molecule has 0 fully saturated rings. The maximum atomic E-state index is 13.8. The van der Waals surface area contributed by atoms with E-state index in [1.807, 2.05) is 0 Å². The van der Waals surface area contributed by atoms with E-state index in [4.69, 9.17) is 0 Å². The minimum absolute atomic E-state index is 0.0816. The highest BCUT2D eigenvalue weighted by Gasteiger charge is 2.40. The van der Waals surface area contributed by atoms with Crippen molar-refractivity contribution in [2.24, 2.45) is 0 Å². The number of aliphatic hydroxyl groups excluding tert-OH is 1. The number of hydrogen-bond acceptors (Lipinski definition) is 2. The Morgan fingerprint density at radius 2 is 1.87 bits per heavy atom. The van der Waals surface area contributed by atoms with Gasteiger partial charge in [-0.25, -0.2) is 4.39 Å². The maximum absolute atomic E-state index is 13.8. The van der Waals surface area contributed by atoms with E-state index in [2.05, 4.69) is 0 Å². The van der Waals surface area contributed by atoms with Gasteiger partial charge in [0.25, 0.3) is 5.85 Å². The lowest BCUT2D eigenvalue weighted by Crippen LogP contribution is -2.39. The van der Waals surface area contributed by atoms with Gasteiger partial charge in [0.1, 0.15) is 6.10 Å². The molecule has 0 bridgehead atoms. The molecule has 0 saturated carbocycles. The summed E-state index contributed by atoms with van der Waals surface area (Å²) >= 11 is 0. The van der Waals surface area contributed by atoms with Gasteiger partial charge in [0.2, 0.25) is 0 Å². The summed E-state index contributed by atoms with van der Waals surface area (Å²) in [5.74, 6) is -2.71. The summed E-state index contributed by atoms with van der Waals surface area (Å²) in [5.41, 5.74) is 0.643. The van der Waals surface area contributed by atoms with E-state index in [0.717, 1.165) is 0 Å². The molecule has 0 spiro atoms. The van der Waals surface area contributed by atoms with Crippen molar-refractivity contribution in [3.63, 3.8) is 0 Å². The topological polar surface area (TPSA) is 40.5 Å². The number of rotatable bonds is 1. The molecule has 3 heteroatoms. The lowest BCUT2D eigenvalue weighted by Gasteiger charge is -2.28. The lowest BCUT2D eigenvalue weighted by molar-refractivity contribution is -0.105. The Kier molecular flexibility index (Phi) is 2.42. The standard InChI is InChI=1S/C12H11FO2/c13-12(15)10(7-4-8-11(12)14)9-5-2-1-3-6-9/h1-8,11,14-15H/t11-,12-/m0/s1. The first-order chi connectivity index (χ1) is 7.12. The summed E-state index contributed by atoms with van der Waals surface area (Å²) in [6.45, 7) is 0. The molecule has 0 aliphatic heterocycles. The normalized spacial score (nSPS) is 30.1. The third-order valence-corrected chi connectivity index (χ3v) is 2.41. The van der Waals surface area contributed by atoms with E-state index in [1.165, 1.54) is 18.2 Å². The van der Waals surface area contributed by atoms with E-state index >= 15 is 0 Å². The molecule has 0 amide bonds. The summed E-state index contributed by atoms with van der Waals surface area (Å²) in [4.78, 5) is 0. The van der Waals surface area contributed by atoms with Gasteiger partial charge in [0.05, 0.1) is 0 Å². The fraction of sp³-hybridized carbons (Fsp3) is 0.167. The molecule has 0 aromatic heterocycles. The van der Waals surface area contributed by atoms with E-state index < -0.39 is 12.0 Å². The molecular weight excluding hydrogens is 195 g/mol. The summed E-state index contributed by atoms with van der Waals surface area (Å²) in [7, 11) is 0. The smallest absolute Gasteiger partial charge is 0.263 e. The second-order valence-corrected chi connectivity index (χ2v) is 3.45. The fourth-order valence-electron chi connectivity index (χ4n) is 1.58. The zero-order valence-electron chi connectivity index (χ0n) is 7.97. The van der Waals surface area contributed by atoms with Crippen LogP contribution in [0.3, 0.4) is 0 Å². The molecule has 0 unspecified atom stereocenters. The predicted octanol–water partition coefficient (Wildman–Crippen LogP) is 1.66. The highest BCUT2D eigenvalue weighted by molar-refractivity contribution is 5.74. The molecule has 1 aliphatic rings. The first-order valence-electron chi connectivity index (χ1n) is 4.66. The van der Waals surface area contributed by atoms with Crippen LogP contribution in [0.25, 0.3) is 5.57 Å². The van der Waals surface area contributed by atoms with Crippen LogP contribution >= 0.6 is 0 Å². The van der Waals surface area contributed by atoms with Gasteiger partial charge in [-0.3, -0.25) is 0 Å². The molecular formula is C12H11FO2. The van der Waals surface area contributed by atoms with Crippen molar-refractivity contribution < 1.29 is 14.6 Å². The van der Waals surface area contributed by atoms with Crippen LogP contribution in [-0.4, -0.2) is 22.2 Å². The molecule has 15 heavy (non-hydrogen) atoms. The second-order valence-electron chi connectivity index (χ2n) is 3.45. The number of benzene rings is 1. The van der Waals surface area contributed by atoms with E-state index in [-0.39, 0.29) is 5.57 Å². The summed E-state index contributed by atoms with van der Waals surface area (Å²) in [5, 5.41) is 18.8. The Bertz CT molecular complexity index is 407. The van der Waals surface area contributed by atoms with Gasteiger partial charge >= 0.3 is 0 Å². The van der Waals surface area contributed by atoms with Crippen molar-refractivity contribution in [1.29, 1.82) is 0 Å². The number of aliphatic hydroxyl groups is 2. The Morgan fingerprint density at radius 3 is 2.53 bits per heavy atom. The molecule has 1 aliphatic carbocycles. The molecule has 2 atom stereocenters. The van der Waals surface area contributed by atoms with Gasteiger partial charge in [-0.2, -0.15) is 0 Å². The average molecular weight is 206 g/mol. The third kappa shape index (κ3) is 1.71. The molecule has 2 nitrogen and oxygen atoms in total. The number of hydrogen-bond donors (Lipinski definition) is 2. The molecule has 2 rings (SSSR count). The fourth-order valence-corrected chi connectivity index (χ4v) is 1.58. The summed E-state index contributed by atoms with van der Waals surface area (Å²) in [6.07, 6.45) is 2.69. The Morgan fingerprint density at radius 1 is 1.20 bits per heavy atom. The molecule has 2 N–H and O–H groups in total. The molecule has 0 heterocycles. The van der Waals surface area contributed by atoms with Crippen molar-refractivity contribution >= 4 is 5.57 Å². The van der Waals surface area contributed by atoms with Crippen molar-refractivity contribution in [1.82, 2.24) is 0 Å². The van der Waals surface area contributed by atoms with Crippen LogP contribution in [0.2, 0.25) is 0 Å². The van der Waals surface area contributed by atoms with Gasteiger partial charge in [0, 0.05) is 5.57 Å². The van der Waals surface area contributed by atoms with Gasteiger partial charge in [-0.15, -0.1) is 0 Å². The van der Waals surface area contributed by atoms with Gasteiger partial charge in [-0.05, 0) is 5.56 Å². The average Bonchev–Trinajstić information content (AvgIpc) is 2.23. The number of alkyl halides is 1. The number of allylic oxidation sites excluding steroid dienone is 2. The number of halogens is 1. The summed E-state index contributed by atoms with van der Waals surface area (Å²) in [6, 6.07) is 8.66. The molecule has 0 radical (unpaired) electrons. The van der Waals surface area contributed by atoms with Gasteiger partial charge in [-0.1, -0.05) is 48.6 Å². The third-order valence-electron chi connectivity index (χ3n) is 2.41. The van der Waals surface area contributed by atoms with E-state index in [1.54, 1.807) is 30.3 Å². The maximum Gasteiger partial charge on any atom is 0.263 e. The zero-order chi connectivity index (χ0) is 10.9. The van der Waals surface area contributed by atoms with Crippen molar-refractivity contribution in [2.75, 3.05) is 0 Å². The van der Waals surface area contributed by atoms with Crippen molar-refractivity contribution in [2.45, 2.75) is 12.0 Å². The first kappa shape index (κ1) is 10.1. The van der Waals surface area contributed by atoms with Crippen LogP contribution < -0.4 is 0 Å². The monoisotopic (exact) mass is 206 g/mol. The minimum atomic E-state index is -2.71. The van der Waals surface area contributed by atoms with E-state index in [9.17, 15) is 14.6 Å². The van der Waals surface area contributed by atoms with Crippen LogP contribution in [-0.2, 0) is 0 Å². The molecule has 1 aromatic rings.